The molecule has 0 radical (unpaired) electrons. The molecule has 2 aromatic carbocycles. The van der Waals surface area contributed by atoms with Gasteiger partial charge in [-0.3, -0.25) is 4.99 Å². The summed E-state index contributed by atoms with van der Waals surface area (Å²) in [6.07, 6.45) is 12.8. The van der Waals surface area contributed by atoms with Crippen molar-refractivity contribution in [2.24, 2.45) is 4.99 Å². The summed E-state index contributed by atoms with van der Waals surface area (Å²) in [5.41, 5.74) is 11.2. The van der Waals surface area contributed by atoms with Crippen LogP contribution in [0.1, 0.15) is 74.6 Å². The van der Waals surface area contributed by atoms with E-state index in [4.69, 9.17) is 0 Å². The highest BCUT2D eigenvalue weighted by atomic mass is 15.3. The Hall–Kier alpha value is -3.92. The summed E-state index contributed by atoms with van der Waals surface area (Å²) in [5, 5.41) is 4.31. The van der Waals surface area contributed by atoms with Gasteiger partial charge in [0.05, 0.1) is 11.4 Å². The van der Waals surface area contributed by atoms with Crippen LogP contribution in [0.3, 0.4) is 0 Å². The average Bonchev–Trinajstić information content (AvgIpc) is 3.72. The van der Waals surface area contributed by atoms with Crippen molar-refractivity contribution in [3.63, 3.8) is 0 Å². The molecule has 4 heteroatoms. The second-order valence-electron chi connectivity index (χ2n) is 9.96. The molecule has 2 aromatic heterocycles. The van der Waals surface area contributed by atoms with Crippen LogP contribution in [0.2, 0.25) is 0 Å². The Morgan fingerprint density at radius 3 is 2.21 bits per heavy atom. The molecule has 1 N–H and O–H groups in total. The fraction of sp³-hybridized carbons (Fsp3) is 0.294. The van der Waals surface area contributed by atoms with Crippen molar-refractivity contribution in [3.8, 4) is 5.69 Å². The van der Waals surface area contributed by atoms with Crippen molar-refractivity contribution in [2.45, 2.75) is 67.2 Å². The van der Waals surface area contributed by atoms with Crippen LogP contribution < -0.4 is 0 Å². The SMILES string of the molecule is CC.CCC(C)(C)c1ccccc1-n1cccn1.Cc1cc(C)c(/C(=C2\C=CC=N2)c2ccc[nH]2)c(C)c1. The van der Waals surface area contributed by atoms with E-state index < -0.39 is 0 Å². The fourth-order valence-electron chi connectivity index (χ4n) is 4.76. The first kappa shape index (κ1) is 28.6. The summed E-state index contributed by atoms with van der Waals surface area (Å²) in [5.74, 6) is 0. The summed E-state index contributed by atoms with van der Waals surface area (Å²) in [6, 6.07) is 19.0. The van der Waals surface area contributed by atoms with Gasteiger partial charge in [-0.05, 0) is 91.3 Å². The average molecular weight is 507 g/mol. The Bertz CT molecular complexity index is 1360. The number of hydrogen-bond acceptors (Lipinski definition) is 2. The number of benzene rings is 2. The maximum atomic E-state index is 4.50. The molecule has 0 unspecified atom stereocenters. The van der Waals surface area contributed by atoms with E-state index >= 15 is 0 Å². The van der Waals surface area contributed by atoms with Gasteiger partial charge in [-0.15, -0.1) is 0 Å². The van der Waals surface area contributed by atoms with E-state index in [9.17, 15) is 0 Å². The number of para-hydroxylation sites is 1. The number of H-pyrrole nitrogens is 1. The normalized spacial score (nSPS) is 13.5. The number of aryl methyl sites for hydroxylation is 3. The van der Waals surface area contributed by atoms with Gasteiger partial charge in [0.15, 0.2) is 0 Å². The van der Waals surface area contributed by atoms with Crippen LogP contribution in [-0.2, 0) is 5.41 Å². The molecule has 1 aliphatic heterocycles. The highest BCUT2D eigenvalue weighted by Gasteiger charge is 2.22. The van der Waals surface area contributed by atoms with Gasteiger partial charge in [-0.1, -0.05) is 70.5 Å². The summed E-state index contributed by atoms with van der Waals surface area (Å²) in [7, 11) is 0. The van der Waals surface area contributed by atoms with Gasteiger partial charge in [0, 0.05) is 36.1 Å². The number of nitrogens with one attached hydrogen (secondary N) is 1. The lowest BCUT2D eigenvalue weighted by atomic mass is 9.81. The Labute approximate surface area is 228 Å². The number of aromatic amines is 1. The maximum absolute atomic E-state index is 4.50. The predicted octanol–water partition coefficient (Wildman–Crippen LogP) is 8.93. The van der Waals surface area contributed by atoms with Gasteiger partial charge in [-0.2, -0.15) is 5.10 Å². The first-order valence-electron chi connectivity index (χ1n) is 13.6. The van der Waals surface area contributed by atoms with E-state index in [0.29, 0.717) is 0 Å². The molecule has 0 aliphatic carbocycles. The van der Waals surface area contributed by atoms with Gasteiger partial charge in [0.1, 0.15) is 0 Å². The highest BCUT2D eigenvalue weighted by molar-refractivity contribution is 5.89. The Kier molecular flexibility index (Phi) is 9.84. The molecular formula is C34H42N4. The molecule has 0 atom stereocenters. The van der Waals surface area contributed by atoms with Crippen LogP contribution in [0, 0.1) is 20.8 Å². The minimum Gasteiger partial charge on any atom is -0.361 e. The summed E-state index contributed by atoms with van der Waals surface area (Å²) < 4.78 is 1.94. The zero-order valence-electron chi connectivity index (χ0n) is 24.2. The fourth-order valence-corrected chi connectivity index (χ4v) is 4.76. The number of aliphatic imine (C=N–C) groups is 1. The van der Waals surface area contributed by atoms with Crippen LogP contribution in [0.4, 0.5) is 0 Å². The van der Waals surface area contributed by atoms with E-state index in [0.717, 1.165) is 17.8 Å². The number of hydrogen-bond donors (Lipinski definition) is 1. The molecule has 0 saturated heterocycles. The zero-order chi connectivity index (χ0) is 27.7. The lowest BCUT2D eigenvalue weighted by Gasteiger charge is -2.26. The molecule has 1 aliphatic rings. The predicted molar refractivity (Wildman–Crippen MR) is 163 cm³/mol. The monoisotopic (exact) mass is 506 g/mol. The highest BCUT2D eigenvalue weighted by Crippen LogP contribution is 2.34. The lowest BCUT2D eigenvalue weighted by Crippen LogP contribution is -2.18. The van der Waals surface area contributed by atoms with E-state index in [2.05, 4.69) is 105 Å². The molecule has 0 spiro atoms. The van der Waals surface area contributed by atoms with E-state index in [1.165, 1.54) is 39.1 Å². The lowest BCUT2D eigenvalue weighted by molar-refractivity contribution is 0.502. The third-order valence-electron chi connectivity index (χ3n) is 6.87. The molecule has 3 heterocycles. The first-order valence-corrected chi connectivity index (χ1v) is 13.6. The Morgan fingerprint density at radius 2 is 1.66 bits per heavy atom. The smallest absolute Gasteiger partial charge is 0.0729 e. The second-order valence-corrected chi connectivity index (χ2v) is 9.96. The summed E-state index contributed by atoms with van der Waals surface area (Å²) in [6.45, 7) is 17.2. The van der Waals surface area contributed by atoms with Crippen molar-refractivity contribution >= 4 is 11.8 Å². The van der Waals surface area contributed by atoms with Gasteiger partial charge in [0.2, 0.25) is 0 Å². The van der Waals surface area contributed by atoms with Gasteiger partial charge >= 0.3 is 0 Å². The van der Waals surface area contributed by atoms with Crippen molar-refractivity contribution < 1.29 is 0 Å². The van der Waals surface area contributed by atoms with E-state index in [-0.39, 0.29) is 5.41 Å². The van der Waals surface area contributed by atoms with Crippen LogP contribution in [-0.4, -0.2) is 21.0 Å². The number of rotatable bonds is 5. The third kappa shape index (κ3) is 6.49. The standard InChI is InChI=1S/C18H18N2.C14H18N2.C2H6/c1-12-10-13(2)17(14(3)11-12)18(15-6-4-8-19-15)16-7-5-9-20-16;1-4-14(2,3)12-8-5-6-9-13(12)16-11-7-10-15-16;1-2/h4-11,19H,1-3H3;5-11H,4H2,1-3H3;1-2H3/b18-16+;;. The van der Waals surface area contributed by atoms with E-state index in [1.54, 1.807) is 0 Å². The number of allylic oxidation sites excluding steroid dienone is 2. The van der Waals surface area contributed by atoms with Crippen molar-refractivity contribution in [1.29, 1.82) is 0 Å². The quantitative estimate of drug-likeness (QED) is 0.288. The molecule has 0 amide bonds. The number of aromatic nitrogens is 3. The molecular weight excluding hydrogens is 464 g/mol. The molecule has 0 bridgehead atoms. The first-order chi connectivity index (χ1) is 18.3. The second kappa shape index (κ2) is 13.0. The van der Waals surface area contributed by atoms with Gasteiger partial charge in [0.25, 0.3) is 0 Å². The molecule has 0 fully saturated rings. The molecule has 38 heavy (non-hydrogen) atoms. The maximum Gasteiger partial charge on any atom is 0.0729 e. The van der Waals surface area contributed by atoms with Crippen molar-refractivity contribution in [2.75, 3.05) is 0 Å². The zero-order valence-corrected chi connectivity index (χ0v) is 24.2. The largest absolute Gasteiger partial charge is 0.361 e. The van der Waals surface area contributed by atoms with Crippen LogP contribution in [0.25, 0.3) is 11.3 Å². The van der Waals surface area contributed by atoms with E-state index in [1.807, 2.05) is 61.5 Å². The minimum absolute atomic E-state index is 0.183. The van der Waals surface area contributed by atoms with Gasteiger partial charge < -0.3 is 4.98 Å². The topological polar surface area (TPSA) is 46.0 Å². The summed E-state index contributed by atoms with van der Waals surface area (Å²) >= 11 is 0. The molecule has 5 rings (SSSR count). The molecule has 4 nitrogen and oxygen atoms in total. The van der Waals surface area contributed by atoms with Crippen molar-refractivity contribution in [1.82, 2.24) is 14.8 Å². The molecule has 4 aromatic rings. The molecule has 198 valence electrons. The summed E-state index contributed by atoms with van der Waals surface area (Å²) in [4.78, 5) is 7.81. The van der Waals surface area contributed by atoms with Crippen molar-refractivity contribution in [3.05, 3.63) is 125 Å². The number of nitrogens with zero attached hydrogens (tertiary/aromatic N) is 3. The third-order valence-corrected chi connectivity index (χ3v) is 6.87. The minimum atomic E-state index is 0.183. The Morgan fingerprint density at radius 1 is 0.947 bits per heavy atom. The van der Waals surface area contributed by atoms with Crippen LogP contribution >= 0.6 is 0 Å². The van der Waals surface area contributed by atoms with Gasteiger partial charge in [-0.25, -0.2) is 4.68 Å². The molecule has 0 saturated carbocycles. The van der Waals surface area contributed by atoms with Crippen LogP contribution in [0.15, 0.2) is 96.0 Å². The van der Waals surface area contributed by atoms with Crippen LogP contribution in [0.5, 0.6) is 0 Å². The Balaban J connectivity index is 0.000000202.